The maximum Gasteiger partial charge on any atom is 0.152 e. The number of nitrogens with two attached hydrogens (primary N) is 1. The molecule has 33 heavy (non-hydrogen) atoms. The van der Waals surface area contributed by atoms with Gasteiger partial charge in [-0.25, -0.2) is 4.98 Å². The maximum atomic E-state index is 6.06. The highest BCUT2D eigenvalue weighted by molar-refractivity contribution is 5.94. The molecule has 0 bridgehead atoms. The van der Waals surface area contributed by atoms with Crippen LogP contribution in [0.25, 0.3) is 21.5 Å². The van der Waals surface area contributed by atoms with Crippen molar-refractivity contribution < 1.29 is 4.74 Å². The normalized spacial score (nSPS) is 11.1. The van der Waals surface area contributed by atoms with Gasteiger partial charge in [-0.1, -0.05) is 36.4 Å². The van der Waals surface area contributed by atoms with Crippen LogP contribution in [-0.2, 0) is 13.2 Å². The van der Waals surface area contributed by atoms with Crippen LogP contribution in [0.3, 0.4) is 0 Å². The van der Waals surface area contributed by atoms with Gasteiger partial charge in [-0.3, -0.25) is 0 Å². The van der Waals surface area contributed by atoms with E-state index in [-0.39, 0.29) is 0 Å². The fourth-order valence-corrected chi connectivity index (χ4v) is 4.19. The largest absolute Gasteiger partial charge is 0.487 e. The number of pyridine rings is 1. The van der Waals surface area contributed by atoms with Gasteiger partial charge in [0, 0.05) is 24.2 Å². The van der Waals surface area contributed by atoms with Gasteiger partial charge >= 0.3 is 0 Å². The molecule has 0 fully saturated rings. The maximum absolute atomic E-state index is 6.06. The van der Waals surface area contributed by atoms with Crippen molar-refractivity contribution >= 4 is 33.2 Å². The summed E-state index contributed by atoms with van der Waals surface area (Å²) >= 11 is 0. The van der Waals surface area contributed by atoms with E-state index in [1.807, 2.05) is 24.3 Å². The lowest BCUT2D eigenvalue weighted by molar-refractivity contribution is 0.304. The summed E-state index contributed by atoms with van der Waals surface area (Å²) in [7, 11) is 0. The van der Waals surface area contributed by atoms with E-state index in [2.05, 4.69) is 70.7 Å². The van der Waals surface area contributed by atoms with Crippen LogP contribution >= 0.6 is 0 Å². The first kappa shape index (κ1) is 20.7. The molecule has 0 amide bonds. The third-order valence-electron chi connectivity index (χ3n) is 6.01. The lowest BCUT2D eigenvalue weighted by atomic mass is 9.96. The Labute approximate surface area is 192 Å². The molecule has 2 heterocycles. The van der Waals surface area contributed by atoms with Gasteiger partial charge in [0.2, 0.25) is 0 Å². The van der Waals surface area contributed by atoms with Crippen molar-refractivity contribution in [3.63, 3.8) is 0 Å². The van der Waals surface area contributed by atoms with E-state index >= 15 is 0 Å². The SMILES string of the molecule is Cc1cc2c(N)nccc2c(C)c1CNc1cc(OCc2ccc3ccccc3c2)cnn1. The number of nitrogens with zero attached hydrogens (tertiary/aromatic N) is 3. The number of aromatic nitrogens is 3. The van der Waals surface area contributed by atoms with Gasteiger partial charge < -0.3 is 15.8 Å². The monoisotopic (exact) mass is 435 g/mol. The highest BCUT2D eigenvalue weighted by Gasteiger charge is 2.11. The minimum absolute atomic E-state index is 0.467. The second kappa shape index (κ2) is 8.74. The molecule has 0 saturated carbocycles. The average Bonchev–Trinajstić information content (AvgIpc) is 2.83. The van der Waals surface area contributed by atoms with E-state index in [0.717, 1.165) is 21.9 Å². The molecule has 2 aromatic heterocycles. The van der Waals surface area contributed by atoms with E-state index in [1.165, 1.54) is 21.9 Å². The molecule has 3 N–H and O–H groups in total. The smallest absolute Gasteiger partial charge is 0.152 e. The van der Waals surface area contributed by atoms with Crippen molar-refractivity contribution in [3.8, 4) is 5.75 Å². The molecule has 0 aliphatic carbocycles. The lowest BCUT2D eigenvalue weighted by Gasteiger charge is -2.15. The molecule has 164 valence electrons. The number of rotatable bonds is 6. The Morgan fingerprint density at radius 2 is 1.79 bits per heavy atom. The van der Waals surface area contributed by atoms with E-state index in [1.54, 1.807) is 12.4 Å². The quantitative estimate of drug-likeness (QED) is 0.363. The van der Waals surface area contributed by atoms with E-state index < -0.39 is 0 Å². The Morgan fingerprint density at radius 1 is 0.939 bits per heavy atom. The van der Waals surface area contributed by atoms with Crippen molar-refractivity contribution in [2.24, 2.45) is 0 Å². The van der Waals surface area contributed by atoms with Crippen molar-refractivity contribution in [1.82, 2.24) is 15.2 Å². The highest BCUT2D eigenvalue weighted by Crippen LogP contribution is 2.28. The van der Waals surface area contributed by atoms with E-state index in [4.69, 9.17) is 10.5 Å². The van der Waals surface area contributed by atoms with Gasteiger partial charge in [-0.2, -0.15) is 5.10 Å². The van der Waals surface area contributed by atoms with Crippen LogP contribution in [0.15, 0.2) is 73.1 Å². The summed E-state index contributed by atoms with van der Waals surface area (Å²) in [6, 6.07) is 20.6. The second-order valence-electron chi connectivity index (χ2n) is 8.19. The number of hydrogen-bond donors (Lipinski definition) is 2. The number of anilines is 2. The molecule has 0 unspecified atom stereocenters. The molecule has 0 spiro atoms. The number of benzene rings is 3. The molecular formula is C27H25N5O. The molecule has 6 heteroatoms. The third kappa shape index (κ3) is 4.28. The number of nitrogen functional groups attached to an aromatic ring is 1. The van der Waals surface area contributed by atoms with Crippen LogP contribution in [0.4, 0.5) is 11.6 Å². The fraction of sp³-hybridized carbons (Fsp3) is 0.148. The summed E-state index contributed by atoms with van der Waals surface area (Å²) in [6.07, 6.45) is 3.38. The summed E-state index contributed by atoms with van der Waals surface area (Å²) in [5.41, 5.74) is 10.7. The van der Waals surface area contributed by atoms with Gasteiger partial charge in [0.15, 0.2) is 5.82 Å². The van der Waals surface area contributed by atoms with Gasteiger partial charge in [0.05, 0.1) is 6.20 Å². The first-order valence-electron chi connectivity index (χ1n) is 10.9. The van der Waals surface area contributed by atoms with Crippen LogP contribution < -0.4 is 15.8 Å². The standard InChI is InChI=1S/C27H25N5O/c1-17-11-24-23(9-10-29-27(24)28)18(2)25(17)15-30-26-13-22(14-31-32-26)33-16-19-7-8-20-5-3-4-6-21(20)12-19/h3-14H,15-16H2,1-2H3,(H2,28,29)(H,30,32). The first-order chi connectivity index (χ1) is 16.1. The topological polar surface area (TPSA) is 86.0 Å². The van der Waals surface area contributed by atoms with Crippen LogP contribution in [0, 0.1) is 13.8 Å². The Kier molecular flexibility index (Phi) is 5.48. The van der Waals surface area contributed by atoms with Crippen LogP contribution in [0.2, 0.25) is 0 Å². The third-order valence-corrected chi connectivity index (χ3v) is 6.01. The average molecular weight is 436 g/mol. The van der Waals surface area contributed by atoms with Crippen molar-refractivity contribution in [2.45, 2.75) is 27.0 Å². The first-order valence-corrected chi connectivity index (χ1v) is 10.9. The molecule has 0 atom stereocenters. The highest BCUT2D eigenvalue weighted by atomic mass is 16.5. The predicted octanol–water partition coefficient (Wildman–Crippen LogP) is 5.57. The van der Waals surface area contributed by atoms with Crippen LogP contribution in [-0.4, -0.2) is 15.2 Å². The zero-order chi connectivity index (χ0) is 22.8. The van der Waals surface area contributed by atoms with Crippen molar-refractivity contribution in [2.75, 3.05) is 11.1 Å². The molecule has 0 aliphatic rings. The summed E-state index contributed by atoms with van der Waals surface area (Å²) in [5, 5.41) is 16.2. The predicted molar refractivity (Wildman–Crippen MR) is 133 cm³/mol. The van der Waals surface area contributed by atoms with Gasteiger partial charge in [0.25, 0.3) is 0 Å². The zero-order valence-electron chi connectivity index (χ0n) is 18.7. The van der Waals surface area contributed by atoms with Crippen LogP contribution in [0.1, 0.15) is 22.3 Å². The summed E-state index contributed by atoms with van der Waals surface area (Å²) in [6.45, 7) is 5.29. The summed E-state index contributed by atoms with van der Waals surface area (Å²) < 4.78 is 5.99. The number of hydrogen-bond acceptors (Lipinski definition) is 6. The van der Waals surface area contributed by atoms with Gasteiger partial charge in [-0.15, -0.1) is 5.10 Å². The molecule has 0 radical (unpaired) electrons. The Balaban J connectivity index is 1.29. The molecule has 0 saturated heterocycles. The Bertz CT molecular complexity index is 1460. The van der Waals surface area contributed by atoms with Crippen LogP contribution in [0.5, 0.6) is 5.75 Å². The lowest BCUT2D eigenvalue weighted by Crippen LogP contribution is -2.07. The molecule has 3 aromatic carbocycles. The molecule has 5 rings (SSSR count). The molecule has 0 aliphatic heterocycles. The second-order valence-corrected chi connectivity index (χ2v) is 8.19. The number of aryl methyl sites for hydroxylation is 2. The number of nitrogens with one attached hydrogen (secondary N) is 1. The number of ether oxygens (including phenoxy) is 1. The van der Waals surface area contributed by atoms with Crippen molar-refractivity contribution in [3.05, 3.63) is 95.3 Å². The van der Waals surface area contributed by atoms with Crippen molar-refractivity contribution in [1.29, 1.82) is 0 Å². The molecule has 5 aromatic rings. The zero-order valence-corrected chi connectivity index (χ0v) is 18.7. The molecule has 6 nitrogen and oxygen atoms in total. The molecular weight excluding hydrogens is 410 g/mol. The number of fused-ring (bicyclic) bond motifs is 2. The van der Waals surface area contributed by atoms with E-state index in [9.17, 15) is 0 Å². The minimum atomic E-state index is 0.467. The summed E-state index contributed by atoms with van der Waals surface area (Å²) in [5.74, 6) is 1.89. The Hall–Kier alpha value is -4.19. The Morgan fingerprint density at radius 3 is 2.67 bits per heavy atom. The van der Waals surface area contributed by atoms with Gasteiger partial charge in [0.1, 0.15) is 18.2 Å². The minimum Gasteiger partial charge on any atom is -0.487 e. The fourth-order valence-electron chi connectivity index (χ4n) is 4.19. The van der Waals surface area contributed by atoms with Gasteiger partial charge in [-0.05, 0) is 70.5 Å². The summed E-state index contributed by atoms with van der Waals surface area (Å²) in [4.78, 5) is 4.21. The van der Waals surface area contributed by atoms with E-state index in [0.29, 0.717) is 30.5 Å².